The lowest BCUT2D eigenvalue weighted by atomic mass is 9.80. The minimum atomic E-state index is -1.04. The van der Waals surface area contributed by atoms with Gasteiger partial charge in [-0.3, -0.25) is 4.79 Å². The number of aliphatic carboxylic acids is 1. The van der Waals surface area contributed by atoms with Gasteiger partial charge in [0.25, 0.3) is 5.91 Å². The van der Waals surface area contributed by atoms with Crippen LogP contribution < -0.4 is 10.1 Å². The zero-order valence-electron chi connectivity index (χ0n) is 23.2. The van der Waals surface area contributed by atoms with Crippen LogP contribution >= 0.6 is 0 Å². The van der Waals surface area contributed by atoms with E-state index >= 15 is 0 Å². The van der Waals surface area contributed by atoms with Gasteiger partial charge in [0.05, 0.1) is 6.10 Å². The van der Waals surface area contributed by atoms with Crippen molar-refractivity contribution in [3.8, 4) is 5.75 Å². The summed E-state index contributed by atoms with van der Waals surface area (Å²) in [6.45, 7) is 10.0. The SMILES string of the molecule is CC(C)C1CCC(Oc2ccc3cc(C(=O)N[C@@H](C(=O)O)C(C)(C)C)nc(CC4CCCC4)c3c2)CC1. The van der Waals surface area contributed by atoms with Gasteiger partial charge in [-0.2, -0.15) is 0 Å². The molecular formula is C31H44N2O4. The fraction of sp³-hybridized carbons (Fsp3) is 0.645. The Morgan fingerprint density at radius 3 is 2.32 bits per heavy atom. The molecule has 0 unspecified atom stereocenters. The van der Waals surface area contributed by atoms with Crippen molar-refractivity contribution in [1.82, 2.24) is 10.3 Å². The predicted molar refractivity (Wildman–Crippen MR) is 147 cm³/mol. The molecule has 1 aromatic heterocycles. The molecular weight excluding hydrogens is 464 g/mol. The van der Waals surface area contributed by atoms with Gasteiger partial charge in [0, 0.05) is 11.1 Å². The summed E-state index contributed by atoms with van der Waals surface area (Å²) in [6, 6.07) is 6.88. The maximum Gasteiger partial charge on any atom is 0.326 e. The first-order valence-corrected chi connectivity index (χ1v) is 14.1. The second kappa shape index (κ2) is 11.4. The molecule has 202 valence electrons. The van der Waals surface area contributed by atoms with Crippen LogP contribution in [0.3, 0.4) is 0 Å². The van der Waals surface area contributed by atoms with E-state index in [2.05, 4.69) is 25.2 Å². The summed E-state index contributed by atoms with van der Waals surface area (Å²) in [6.07, 6.45) is 10.5. The summed E-state index contributed by atoms with van der Waals surface area (Å²) in [5.41, 5.74) is 0.564. The van der Waals surface area contributed by atoms with E-state index in [1.807, 2.05) is 32.9 Å². The number of carboxylic acid groups (broad SMARTS) is 1. The Kier molecular flexibility index (Phi) is 8.45. The standard InChI is InChI=1S/C31H44N2O4/c1-19(2)21-10-13-23(14-11-21)37-24-15-12-22-17-27(29(34)33-28(30(35)36)31(3,4)5)32-26(25(22)18-24)16-20-8-6-7-9-20/h12,15,17-21,23,28H,6-11,13-14,16H2,1-5H3,(H,33,34)(H,35,36)/t21?,23?,28-/m0/s1. The van der Waals surface area contributed by atoms with Crippen LogP contribution in [0.1, 0.15) is 102 Å². The smallest absolute Gasteiger partial charge is 0.326 e. The van der Waals surface area contributed by atoms with E-state index in [0.717, 1.165) is 53.3 Å². The summed E-state index contributed by atoms with van der Waals surface area (Å²) in [4.78, 5) is 29.8. The van der Waals surface area contributed by atoms with E-state index in [4.69, 9.17) is 9.72 Å². The molecule has 0 bridgehead atoms. The van der Waals surface area contributed by atoms with Crippen molar-refractivity contribution >= 4 is 22.6 Å². The highest BCUT2D eigenvalue weighted by molar-refractivity contribution is 5.99. The number of ether oxygens (including phenoxy) is 1. The van der Waals surface area contributed by atoms with Crippen LogP contribution in [-0.4, -0.2) is 34.1 Å². The maximum atomic E-state index is 13.2. The van der Waals surface area contributed by atoms with E-state index in [-0.39, 0.29) is 11.8 Å². The monoisotopic (exact) mass is 508 g/mol. The van der Waals surface area contributed by atoms with Crippen molar-refractivity contribution in [1.29, 1.82) is 0 Å². The van der Waals surface area contributed by atoms with Gasteiger partial charge < -0.3 is 15.2 Å². The normalized spacial score (nSPS) is 21.8. The number of hydrogen-bond donors (Lipinski definition) is 2. The topological polar surface area (TPSA) is 88.5 Å². The average molecular weight is 509 g/mol. The number of carbonyl (C=O) groups is 2. The summed E-state index contributed by atoms with van der Waals surface area (Å²) >= 11 is 0. The van der Waals surface area contributed by atoms with Crippen molar-refractivity contribution in [2.45, 2.75) is 105 Å². The lowest BCUT2D eigenvalue weighted by Crippen LogP contribution is -2.49. The van der Waals surface area contributed by atoms with Gasteiger partial charge in [0.2, 0.25) is 0 Å². The third-order valence-electron chi connectivity index (χ3n) is 8.43. The number of pyridine rings is 1. The van der Waals surface area contributed by atoms with E-state index in [9.17, 15) is 14.7 Å². The third-order valence-corrected chi connectivity index (χ3v) is 8.43. The molecule has 4 rings (SSSR count). The van der Waals surface area contributed by atoms with Crippen LogP contribution in [-0.2, 0) is 11.2 Å². The van der Waals surface area contributed by atoms with E-state index in [1.165, 1.54) is 38.5 Å². The summed E-state index contributed by atoms with van der Waals surface area (Å²) in [5, 5.41) is 14.4. The van der Waals surface area contributed by atoms with Crippen LogP contribution in [0.5, 0.6) is 5.75 Å². The first-order valence-electron chi connectivity index (χ1n) is 14.1. The quantitative estimate of drug-likeness (QED) is 0.410. The van der Waals surface area contributed by atoms with E-state index < -0.39 is 23.3 Å². The number of aromatic nitrogens is 1. The second-order valence-corrected chi connectivity index (χ2v) is 12.7. The summed E-state index contributed by atoms with van der Waals surface area (Å²) < 4.78 is 6.44. The number of nitrogens with one attached hydrogen (secondary N) is 1. The Bertz CT molecular complexity index is 1110. The highest BCUT2D eigenvalue weighted by atomic mass is 16.5. The van der Waals surface area contributed by atoms with Crippen molar-refractivity contribution in [2.24, 2.45) is 23.2 Å². The molecule has 2 N–H and O–H groups in total. The lowest BCUT2D eigenvalue weighted by molar-refractivity contribution is -0.142. The lowest BCUT2D eigenvalue weighted by Gasteiger charge is -2.31. The van der Waals surface area contributed by atoms with Gasteiger partial charge in [-0.05, 0) is 78.9 Å². The molecule has 2 aliphatic carbocycles. The molecule has 0 aliphatic heterocycles. The van der Waals surface area contributed by atoms with Crippen LogP contribution in [0.2, 0.25) is 0 Å². The molecule has 2 aliphatic rings. The summed E-state index contributed by atoms with van der Waals surface area (Å²) in [7, 11) is 0. The number of carboxylic acids is 1. The molecule has 6 nitrogen and oxygen atoms in total. The number of hydrogen-bond acceptors (Lipinski definition) is 4. The van der Waals surface area contributed by atoms with E-state index in [0.29, 0.717) is 5.92 Å². The van der Waals surface area contributed by atoms with Crippen molar-refractivity contribution < 1.29 is 19.4 Å². The van der Waals surface area contributed by atoms with Gasteiger partial charge in [-0.25, -0.2) is 9.78 Å². The van der Waals surface area contributed by atoms with Gasteiger partial charge in [-0.1, -0.05) is 66.4 Å². The number of amides is 1. The number of carbonyl (C=O) groups excluding carboxylic acids is 1. The van der Waals surface area contributed by atoms with Crippen LogP contribution in [0.25, 0.3) is 10.8 Å². The average Bonchev–Trinajstić information content (AvgIpc) is 3.35. The Hall–Kier alpha value is -2.63. The van der Waals surface area contributed by atoms with Gasteiger partial charge in [0.1, 0.15) is 17.5 Å². The van der Waals surface area contributed by atoms with Gasteiger partial charge in [-0.15, -0.1) is 0 Å². The molecule has 2 aromatic rings. The highest BCUT2D eigenvalue weighted by Gasteiger charge is 2.33. The molecule has 1 heterocycles. The van der Waals surface area contributed by atoms with Crippen molar-refractivity contribution in [3.05, 3.63) is 35.7 Å². The van der Waals surface area contributed by atoms with Gasteiger partial charge in [0.15, 0.2) is 0 Å². The molecule has 0 spiro atoms. The van der Waals surface area contributed by atoms with Crippen LogP contribution in [0, 0.1) is 23.2 Å². The van der Waals surface area contributed by atoms with Crippen LogP contribution in [0.15, 0.2) is 24.3 Å². The fourth-order valence-electron chi connectivity index (χ4n) is 6.05. The number of benzene rings is 1. The number of rotatable bonds is 8. The third kappa shape index (κ3) is 6.82. The Morgan fingerprint density at radius 2 is 1.73 bits per heavy atom. The Labute approximate surface area is 221 Å². The molecule has 1 aromatic carbocycles. The first-order chi connectivity index (χ1) is 17.5. The molecule has 6 heteroatoms. The first kappa shape index (κ1) is 27.4. The van der Waals surface area contributed by atoms with Crippen molar-refractivity contribution in [2.75, 3.05) is 0 Å². The molecule has 1 amide bonds. The molecule has 1 atom stereocenters. The minimum Gasteiger partial charge on any atom is -0.490 e. The molecule has 0 radical (unpaired) electrons. The molecule has 2 saturated carbocycles. The Morgan fingerprint density at radius 1 is 1.05 bits per heavy atom. The largest absolute Gasteiger partial charge is 0.490 e. The molecule has 37 heavy (non-hydrogen) atoms. The van der Waals surface area contributed by atoms with Crippen LogP contribution in [0.4, 0.5) is 0 Å². The summed E-state index contributed by atoms with van der Waals surface area (Å²) in [5.74, 6) is 1.46. The predicted octanol–water partition coefficient (Wildman–Crippen LogP) is 6.79. The molecule has 2 fully saturated rings. The number of nitrogens with zero attached hydrogens (tertiary/aromatic N) is 1. The Balaban J connectivity index is 1.60. The minimum absolute atomic E-state index is 0.245. The molecule has 0 saturated heterocycles. The zero-order chi connectivity index (χ0) is 26.7. The highest BCUT2D eigenvalue weighted by Crippen LogP contribution is 2.35. The zero-order valence-corrected chi connectivity index (χ0v) is 23.2. The fourth-order valence-corrected chi connectivity index (χ4v) is 6.05. The van der Waals surface area contributed by atoms with Crippen molar-refractivity contribution in [3.63, 3.8) is 0 Å². The number of fused-ring (bicyclic) bond motifs is 1. The second-order valence-electron chi connectivity index (χ2n) is 12.7. The van der Waals surface area contributed by atoms with Gasteiger partial charge >= 0.3 is 5.97 Å². The maximum absolute atomic E-state index is 13.2. The van der Waals surface area contributed by atoms with E-state index in [1.54, 1.807) is 6.07 Å².